The lowest BCUT2D eigenvalue weighted by atomic mass is 10.0. The van der Waals surface area contributed by atoms with Crippen molar-refractivity contribution in [1.29, 1.82) is 0 Å². The average Bonchev–Trinajstić information content (AvgIpc) is 2.67. The molecule has 2 atom stereocenters. The van der Waals surface area contributed by atoms with Crippen molar-refractivity contribution in [1.82, 2.24) is 0 Å². The summed E-state index contributed by atoms with van der Waals surface area (Å²) in [6.45, 7) is 11.9. The van der Waals surface area contributed by atoms with E-state index in [0.29, 0.717) is 11.5 Å². The third-order valence-corrected chi connectivity index (χ3v) is 6.64. The van der Waals surface area contributed by atoms with E-state index in [1.165, 1.54) is 20.9 Å². The molecule has 0 aliphatic carbocycles. The number of aryl methyl sites for hydroxylation is 4. The molecule has 0 saturated carbocycles. The molecule has 0 bridgehead atoms. The van der Waals surface area contributed by atoms with E-state index in [2.05, 4.69) is 39.8 Å². The Bertz CT molecular complexity index is 776. The van der Waals surface area contributed by atoms with Crippen LogP contribution in [0.4, 0.5) is 0 Å². The third kappa shape index (κ3) is 7.74. The number of hydrogen-bond acceptors (Lipinski definition) is 5. The molecule has 5 heteroatoms. The van der Waals surface area contributed by atoms with Crippen LogP contribution in [0.1, 0.15) is 75.6 Å². The molecular formula is C26H38O4S. The third-order valence-electron chi connectivity index (χ3n) is 5.07. The Labute approximate surface area is 192 Å². The molecule has 2 rings (SSSR count). The summed E-state index contributed by atoms with van der Waals surface area (Å²) in [4.78, 5) is 2.52. The van der Waals surface area contributed by atoms with Crippen LogP contribution in [0, 0.1) is 13.8 Å². The zero-order chi connectivity index (χ0) is 23.0. The van der Waals surface area contributed by atoms with Crippen molar-refractivity contribution < 1.29 is 19.7 Å². The fourth-order valence-electron chi connectivity index (χ4n) is 3.65. The highest BCUT2D eigenvalue weighted by Crippen LogP contribution is 2.41. The second-order valence-corrected chi connectivity index (χ2v) is 9.22. The molecule has 2 unspecified atom stereocenters. The number of aliphatic hydroxyl groups is 2. The summed E-state index contributed by atoms with van der Waals surface area (Å²) in [7, 11) is 0. The SMILES string of the molecule is CCCCc1cc(OC(C)O)cc(C)c1Sc1c(C)cc(OC(C)O)cc1CCCC. The van der Waals surface area contributed by atoms with Gasteiger partial charge in [-0.05, 0) is 99.9 Å². The van der Waals surface area contributed by atoms with Gasteiger partial charge in [-0.3, -0.25) is 0 Å². The molecule has 0 aliphatic heterocycles. The van der Waals surface area contributed by atoms with Gasteiger partial charge >= 0.3 is 0 Å². The fourth-order valence-corrected chi connectivity index (χ4v) is 4.88. The van der Waals surface area contributed by atoms with Gasteiger partial charge in [-0.2, -0.15) is 0 Å². The van der Waals surface area contributed by atoms with Crippen LogP contribution >= 0.6 is 11.8 Å². The normalized spacial score (nSPS) is 13.2. The van der Waals surface area contributed by atoms with Crippen molar-refractivity contribution in [3.05, 3.63) is 46.5 Å². The standard InChI is InChI=1S/C26H38O4S/c1-7-9-11-21-15-23(29-19(5)27)13-17(3)25(21)31-26-18(4)14-24(30-20(6)28)16-22(26)12-10-8-2/h13-16,19-20,27-28H,7-12H2,1-6H3. The van der Waals surface area contributed by atoms with Crippen molar-refractivity contribution in [3.8, 4) is 11.5 Å². The van der Waals surface area contributed by atoms with Crippen LogP contribution < -0.4 is 9.47 Å². The summed E-state index contributed by atoms with van der Waals surface area (Å²) in [6, 6.07) is 8.17. The second kappa shape index (κ2) is 12.4. The van der Waals surface area contributed by atoms with Crippen molar-refractivity contribution in [2.24, 2.45) is 0 Å². The molecule has 0 aliphatic rings. The molecule has 4 nitrogen and oxygen atoms in total. The van der Waals surface area contributed by atoms with E-state index in [1.807, 2.05) is 23.9 Å². The first kappa shape index (κ1) is 25.6. The van der Waals surface area contributed by atoms with Gasteiger partial charge in [-0.25, -0.2) is 0 Å². The van der Waals surface area contributed by atoms with E-state index in [4.69, 9.17) is 9.47 Å². The molecule has 2 N–H and O–H groups in total. The van der Waals surface area contributed by atoms with Gasteiger partial charge in [0.25, 0.3) is 0 Å². The first-order valence-electron chi connectivity index (χ1n) is 11.4. The van der Waals surface area contributed by atoms with Crippen LogP contribution in [0.2, 0.25) is 0 Å². The Kier molecular flexibility index (Phi) is 10.2. The molecule has 0 radical (unpaired) electrons. The van der Waals surface area contributed by atoms with Gasteiger partial charge in [-0.15, -0.1) is 0 Å². The summed E-state index contributed by atoms with van der Waals surface area (Å²) in [5.41, 5.74) is 4.82. The van der Waals surface area contributed by atoms with Gasteiger partial charge in [0.2, 0.25) is 0 Å². The van der Waals surface area contributed by atoms with Gasteiger partial charge in [0.15, 0.2) is 12.6 Å². The number of unbranched alkanes of at least 4 members (excludes halogenated alkanes) is 2. The Morgan fingerprint density at radius 1 is 0.742 bits per heavy atom. The van der Waals surface area contributed by atoms with Crippen LogP contribution in [0.3, 0.4) is 0 Å². The monoisotopic (exact) mass is 446 g/mol. The van der Waals surface area contributed by atoms with Gasteiger partial charge < -0.3 is 19.7 Å². The van der Waals surface area contributed by atoms with E-state index < -0.39 is 12.6 Å². The Balaban J connectivity index is 2.49. The Morgan fingerprint density at radius 3 is 1.45 bits per heavy atom. The zero-order valence-electron chi connectivity index (χ0n) is 19.8. The van der Waals surface area contributed by atoms with Crippen LogP contribution in [0.25, 0.3) is 0 Å². The number of hydrogen-bond donors (Lipinski definition) is 2. The molecule has 172 valence electrons. The first-order valence-corrected chi connectivity index (χ1v) is 12.2. The smallest absolute Gasteiger partial charge is 0.194 e. The Morgan fingerprint density at radius 2 is 1.13 bits per heavy atom. The maximum absolute atomic E-state index is 9.65. The summed E-state index contributed by atoms with van der Waals surface area (Å²) in [5, 5.41) is 19.3. The Hall–Kier alpha value is -1.69. The van der Waals surface area contributed by atoms with E-state index in [-0.39, 0.29) is 0 Å². The van der Waals surface area contributed by atoms with E-state index >= 15 is 0 Å². The zero-order valence-corrected chi connectivity index (χ0v) is 20.6. The highest BCUT2D eigenvalue weighted by atomic mass is 32.2. The predicted octanol–water partition coefficient (Wildman–Crippen LogP) is 6.57. The van der Waals surface area contributed by atoms with Crippen LogP contribution in [-0.2, 0) is 12.8 Å². The summed E-state index contributed by atoms with van der Waals surface area (Å²) >= 11 is 1.81. The minimum atomic E-state index is -0.832. The number of aliphatic hydroxyl groups excluding tert-OH is 2. The molecular weight excluding hydrogens is 408 g/mol. The van der Waals surface area contributed by atoms with Crippen molar-refractivity contribution in [2.45, 2.75) is 102 Å². The van der Waals surface area contributed by atoms with Crippen molar-refractivity contribution in [2.75, 3.05) is 0 Å². The van der Waals surface area contributed by atoms with E-state index in [9.17, 15) is 10.2 Å². The molecule has 0 fully saturated rings. The molecule has 2 aromatic carbocycles. The lowest BCUT2D eigenvalue weighted by Crippen LogP contribution is -2.10. The van der Waals surface area contributed by atoms with Crippen LogP contribution in [-0.4, -0.2) is 22.8 Å². The number of rotatable bonds is 12. The van der Waals surface area contributed by atoms with Gasteiger partial charge in [0, 0.05) is 9.79 Å². The summed E-state index contributed by atoms with van der Waals surface area (Å²) in [5.74, 6) is 1.43. The van der Waals surface area contributed by atoms with Crippen molar-refractivity contribution in [3.63, 3.8) is 0 Å². The largest absolute Gasteiger partial charge is 0.465 e. The molecule has 31 heavy (non-hydrogen) atoms. The quantitative estimate of drug-likeness (QED) is 0.361. The maximum Gasteiger partial charge on any atom is 0.194 e. The van der Waals surface area contributed by atoms with Crippen LogP contribution in [0.5, 0.6) is 11.5 Å². The predicted molar refractivity (Wildman–Crippen MR) is 128 cm³/mol. The first-order chi connectivity index (χ1) is 14.7. The van der Waals surface area contributed by atoms with Gasteiger partial charge in [-0.1, -0.05) is 38.5 Å². The molecule has 0 amide bonds. The topological polar surface area (TPSA) is 58.9 Å². The van der Waals surface area contributed by atoms with Gasteiger partial charge in [0.05, 0.1) is 0 Å². The van der Waals surface area contributed by atoms with E-state index in [1.54, 1.807) is 13.8 Å². The summed E-state index contributed by atoms with van der Waals surface area (Å²) < 4.78 is 11.2. The molecule has 0 heterocycles. The number of benzene rings is 2. The van der Waals surface area contributed by atoms with Gasteiger partial charge in [0.1, 0.15) is 11.5 Å². The van der Waals surface area contributed by atoms with E-state index in [0.717, 1.165) is 49.7 Å². The minimum Gasteiger partial charge on any atom is -0.465 e. The summed E-state index contributed by atoms with van der Waals surface area (Å²) in [6.07, 6.45) is 4.74. The highest BCUT2D eigenvalue weighted by molar-refractivity contribution is 7.99. The minimum absolute atomic E-state index is 0.714. The molecule has 0 aromatic heterocycles. The highest BCUT2D eigenvalue weighted by Gasteiger charge is 2.17. The molecule has 2 aromatic rings. The fraction of sp³-hybridized carbons (Fsp3) is 0.538. The van der Waals surface area contributed by atoms with Crippen LogP contribution in [0.15, 0.2) is 34.1 Å². The lowest BCUT2D eigenvalue weighted by molar-refractivity contribution is -0.00101. The average molecular weight is 447 g/mol. The lowest BCUT2D eigenvalue weighted by Gasteiger charge is -2.20. The number of ether oxygens (including phenoxy) is 2. The maximum atomic E-state index is 9.65. The second-order valence-electron chi connectivity index (χ2n) is 8.20. The van der Waals surface area contributed by atoms with Crippen molar-refractivity contribution >= 4 is 11.8 Å². The molecule has 0 saturated heterocycles. The molecule has 0 spiro atoms.